The van der Waals surface area contributed by atoms with E-state index in [1.807, 2.05) is 24.3 Å². The van der Waals surface area contributed by atoms with Crippen LogP contribution in [0.2, 0.25) is 0 Å². The third-order valence-electron chi connectivity index (χ3n) is 4.75. The molecule has 0 spiro atoms. The highest BCUT2D eigenvalue weighted by Crippen LogP contribution is 2.29. The summed E-state index contributed by atoms with van der Waals surface area (Å²) in [6, 6.07) is 10.9. The summed E-state index contributed by atoms with van der Waals surface area (Å²) in [6.07, 6.45) is 0.504. The summed E-state index contributed by atoms with van der Waals surface area (Å²) < 4.78 is 10.6. The topological polar surface area (TPSA) is 88.8 Å². The summed E-state index contributed by atoms with van der Waals surface area (Å²) in [5, 5.41) is 13.5. The Morgan fingerprint density at radius 2 is 1.96 bits per heavy atom. The van der Waals surface area contributed by atoms with E-state index in [-0.39, 0.29) is 23.6 Å². The summed E-state index contributed by atoms with van der Waals surface area (Å²) in [5.41, 5.74) is 2.35. The number of aryl methyl sites for hydroxylation is 2. The second kappa shape index (κ2) is 8.17. The molecule has 0 bridgehead atoms. The SMILES string of the molecule is COc1ccccc1CCNC(=O)Cc1c(C)c2c(O)cc(C)cc2oc1=O. The van der Waals surface area contributed by atoms with Crippen LogP contribution in [-0.4, -0.2) is 24.7 Å². The van der Waals surface area contributed by atoms with Crippen molar-refractivity contribution in [1.29, 1.82) is 0 Å². The molecule has 0 aliphatic rings. The van der Waals surface area contributed by atoms with E-state index in [9.17, 15) is 14.7 Å². The molecule has 0 aliphatic carbocycles. The predicted octanol–water partition coefficient (Wildman–Crippen LogP) is 3.03. The molecule has 6 heteroatoms. The highest BCUT2D eigenvalue weighted by molar-refractivity contribution is 5.89. The monoisotopic (exact) mass is 381 g/mol. The highest BCUT2D eigenvalue weighted by atomic mass is 16.5. The molecule has 0 fully saturated rings. The van der Waals surface area contributed by atoms with Gasteiger partial charge in [0.15, 0.2) is 0 Å². The van der Waals surface area contributed by atoms with Crippen molar-refractivity contribution in [3.8, 4) is 11.5 Å². The minimum absolute atomic E-state index is 0.0362. The quantitative estimate of drug-likeness (QED) is 0.641. The first-order valence-electron chi connectivity index (χ1n) is 9.05. The third-order valence-corrected chi connectivity index (χ3v) is 4.75. The van der Waals surface area contributed by atoms with Crippen LogP contribution in [0.15, 0.2) is 45.6 Å². The number of para-hydroxylation sites is 1. The van der Waals surface area contributed by atoms with Crippen LogP contribution < -0.4 is 15.7 Å². The number of hydrogen-bond acceptors (Lipinski definition) is 5. The van der Waals surface area contributed by atoms with Crippen LogP contribution >= 0.6 is 0 Å². The molecule has 6 nitrogen and oxygen atoms in total. The van der Waals surface area contributed by atoms with Crippen molar-refractivity contribution in [3.05, 3.63) is 69.1 Å². The molecular weight excluding hydrogens is 358 g/mol. The average molecular weight is 381 g/mol. The van der Waals surface area contributed by atoms with E-state index in [1.165, 1.54) is 0 Å². The molecule has 0 saturated carbocycles. The van der Waals surface area contributed by atoms with Gasteiger partial charge < -0.3 is 19.6 Å². The maximum atomic E-state index is 12.4. The standard InChI is InChI=1S/C22H23NO5/c1-13-10-17(24)21-14(2)16(22(26)28-19(21)11-13)12-20(25)23-9-8-15-6-4-5-7-18(15)27-3/h4-7,10-11,24H,8-9,12H2,1-3H3,(H,23,25). The maximum absolute atomic E-state index is 12.4. The van der Waals surface area contributed by atoms with Gasteiger partial charge in [-0.1, -0.05) is 18.2 Å². The Hall–Kier alpha value is -3.28. The van der Waals surface area contributed by atoms with Gasteiger partial charge in [-0.2, -0.15) is 0 Å². The molecule has 0 atom stereocenters. The number of ether oxygens (including phenoxy) is 1. The molecule has 1 heterocycles. The Morgan fingerprint density at radius 1 is 1.21 bits per heavy atom. The van der Waals surface area contributed by atoms with E-state index in [4.69, 9.17) is 9.15 Å². The van der Waals surface area contributed by atoms with Gasteiger partial charge in [-0.3, -0.25) is 4.79 Å². The van der Waals surface area contributed by atoms with Crippen LogP contribution in [0.3, 0.4) is 0 Å². The zero-order chi connectivity index (χ0) is 20.3. The Bertz CT molecular complexity index is 1080. The first-order chi connectivity index (χ1) is 13.4. The van der Waals surface area contributed by atoms with Gasteiger partial charge in [-0.05, 0) is 55.2 Å². The molecule has 3 aromatic rings. The van der Waals surface area contributed by atoms with E-state index < -0.39 is 5.63 Å². The van der Waals surface area contributed by atoms with Crippen LogP contribution in [-0.2, 0) is 17.6 Å². The predicted molar refractivity (Wildman–Crippen MR) is 107 cm³/mol. The third kappa shape index (κ3) is 4.01. The molecule has 3 rings (SSSR count). The lowest BCUT2D eigenvalue weighted by Gasteiger charge is -2.11. The zero-order valence-electron chi connectivity index (χ0n) is 16.2. The highest BCUT2D eigenvalue weighted by Gasteiger charge is 2.17. The fourth-order valence-corrected chi connectivity index (χ4v) is 3.33. The number of fused-ring (bicyclic) bond motifs is 1. The van der Waals surface area contributed by atoms with Crippen molar-refractivity contribution in [2.24, 2.45) is 0 Å². The number of nitrogens with one attached hydrogen (secondary N) is 1. The molecule has 2 aromatic carbocycles. The lowest BCUT2D eigenvalue weighted by Crippen LogP contribution is -2.29. The summed E-state index contributed by atoms with van der Waals surface area (Å²) >= 11 is 0. The van der Waals surface area contributed by atoms with Gasteiger partial charge in [-0.25, -0.2) is 4.79 Å². The van der Waals surface area contributed by atoms with Crippen LogP contribution in [0.4, 0.5) is 0 Å². The van der Waals surface area contributed by atoms with Gasteiger partial charge in [0.25, 0.3) is 0 Å². The molecule has 0 saturated heterocycles. The van der Waals surface area contributed by atoms with Crippen molar-refractivity contribution in [3.63, 3.8) is 0 Å². The van der Waals surface area contributed by atoms with Gasteiger partial charge in [0.2, 0.25) is 5.91 Å². The average Bonchev–Trinajstić information content (AvgIpc) is 2.64. The zero-order valence-corrected chi connectivity index (χ0v) is 16.2. The Balaban J connectivity index is 1.74. The molecule has 2 N–H and O–H groups in total. The molecular formula is C22H23NO5. The number of carbonyl (C=O) groups excluding carboxylic acids is 1. The molecule has 1 amide bonds. The van der Waals surface area contributed by atoms with Crippen molar-refractivity contribution >= 4 is 16.9 Å². The van der Waals surface area contributed by atoms with E-state index >= 15 is 0 Å². The smallest absolute Gasteiger partial charge is 0.340 e. The van der Waals surface area contributed by atoms with Gasteiger partial charge in [-0.15, -0.1) is 0 Å². The van der Waals surface area contributed by atoms with E-state index in [2.05, 4.69) is 5.32 Å². The van der Waals surface area contributed by atoms with Gasteiger partial charge >= 0.3 is 5.63 Å². The number of carbonyl (C=O) groups is 1. The van der Waals surface area contributed by atoms with E-state index in [1.54, 1.807) is 33.1 Å². The van der Waals surface area contributed by atoms with Gasteiger partial charge in [0.05, 0.1) is 24.5 Å². The number of phenols is 1. The van der Waals surface area contributed by atoms with Gasteiger partial charge in [0, 0.05) is 6.54 Å². The second-order valence-electron chi connectivity index (χ2n) is 6.74. The van der Waals surface area contributed by atoms with Crippen LogP contribution in [0, 0.1) is 13.8 Å². The first kappa shape index (κ1) is 19.5. The normalized spacial score (nSPS) is 10.8. The second-order valence-corrected chi connectivity index (χ2v) is 6.74. The lowest BCUT2D eigenvalue weighted by atomic mass is 10.0. The number of rotatable bonds is 6. The van der Waals surface area contributed by atoms with Gasteiger partial charge in [0.1, 0.15) is 17.1 Å². The Labute approximate surface area is 162 Å². The summed E-state index contributed by atoms with van der Waals surface area (Å²) in [7, 11) is 1.61. The summed E-state index contributed by atoms with van der Waals surface area (Å²) in [4.78, 5) is 24.7. The minimum atomic E-state index is -0.560. The van der Waals surface area contributed by atoms with Crippen molar-refractivity contribution < 1.29 is 19.1 Å². The molecule has 146 valence electrons. The molecule has 28 heavy (non-hydrogen) atoms. The largest absolute Gasteiger partial charge is 0.507 e. The summed E-state index contributed by atoms with van der Waals surface area (Å²) in [5.74, 6) is 0.527. The Morgan fingerprint density at radius 3 is 2.71 bits per heavy atom. The van der Waals surface area contributed by atoms with Crippen LogP contribution in [0.25, 0.3) is 11.0 Å². The molecule has 0 aliphatic heterocycles. The van der Waals surface area contributed by atoms with Crippen LogP contribution in [0.5, 0.6) is 11.5 Å². The van der Waals surface area contributed by atoms with E-state index in [0.29, 0.717) is 29.5 Å². The number of hydrogen-bond donors (Lipinski definition) is 2. The first-order valence-corrected chi connectivity index (χ1v) is 9.05. The number of methoxy groups -OCH3 is 1. The molecule has 0 radical (unpaired) electrons. The Kier molecular flexibility index (Phi) is 5.68. The van der Waals surface area contributed by atoms with Crippen molar-refractivity contribution in [2.75, 3.05) is 13.7 Å². The number of phenolic OH excluding ortho intramolecular Hbond substituents is 1. The lowest BCUT2D eigenvalue weighted by molar-refractivity contribution is -0.120. The summed E-state index contributed by atoms with van der Waals surface area (Å²) in [6.45, 7) is 3.94. The van der Waals surface area contributed by atoms with E-state index in [0.717, 1.165) is 16.9 Å². The molecule has 0 unspecified atom stereocenters. The number of benzene rings is 2. The van der Waals surface area contributed by atoms with Crippen LogP contribution in [0.1, 0.15) is 22.3 Å². The minimum Gasteiger partial charge on any atom is -0.507 e. The molecule has 1 aromatic heterocycles. The van der Waals surface area contributed by atoms with Crippen molar-refractivity contribution in [2.45, 2.75) is 26.7 Å². The fourth-order valence-electron chi connectivity index (χ4n) is 3.33. The maximum Gasteiger partial charge on any atom is 0.340 e. The fraction of sp³-hybridized carbons (Fsp3) is 0.273. The number of amides is 1. The van der Waals surface area contributed by atoms with Crippen molar-refractivity contribution in [1.82, 2.24) is 5.32 Å². The number of aromatic hydroxyl groups is 1.